The standard InChI is InChI=1S/C11H15NO3/c1-7-5-8(3-4-10(7)15-2)9(12)6-11(13)14/h3-5,9H,6,12H2,1-2H3,(H,13,14). The van der Waals surface area contributed by atoms with Crippen LogP contribution in [0.2, 0.25) is 0 Å². The molecule has 1 aromatic rings. The van der Waals surface area contributed by atoms with Crippen LogP contribution in [0.4, 0.5) is 0 Å². The average molecular weight is 209 g/mol. The fourth-order valence-electron chi connectivity index (χ4n) is 1.44. The van der Waals surface area contributed by atoms with Crippen LogP contribution in [-0.2, 0) is 4.79 Å². The first kappa shape index (κ1) is 11.5. The maximum Gasteiger partial charge on any atom is 0.305 e. The number of rotatable bonds is 4. The molecule has 1 atom stereocenters. The molecule has 0 spiro atoms. The van der Waals surface area contributed by atoms with E-state index in [0.717, 1.165) is 16.9 Å². The molecule has 0 amide bonds. The molecule has 15 heavy (non-hydrogen) atoms. The molecule has 0 saturated carbocycles. The summed E-state index contributed by atoms with van der Waals surface area (Å²) in [5, 5.41) is 8.61. The Hall–Kier alpha value is -1.55. The van der Waals surface area contributed by atoms with E-state index in [0.29, 0.717) is 0 Å². The number of aryl methyl sites for hydroxylation is 1. The van der Waals surface area contributed by atoms with E-state index < -0.39 is 12.0 Å². The molecular weight excluding hydrogens is 194 g/mol. The molecule has 0 aliphatic heterocycles. The number of carboxylic acids is 1. The fraction of sp³-hybridized carbons (Fsp3) is 0.364. The van der Waals surface area contributed by atoms with Crippen molar-refractivity contribution in [1.29, 1.82) is 0 Å². The van der Waals surface area contributed by atoms with E-state index in [1.54, 1.807) is 19.2 Å². The molecule has 0 aliphatic rings. The molecule has 0 aromatic heterocycles. The minimum Gasteiger partial charge on any atom is -0.496 e. The van der Waals surface area contributed by atoms with Crippen LogP contribution in [0.25, 0.3) is 0 Å². The van der Waals surface area contributed by atoms with E-state index >= 15 is 0 Å². The van der Waals surface area contributed by atoms with Crippen molar-refractivity contribution >= 4 is 5.97 Å². The molecule has 0 radical (unpaired) electrons. The van der Waals surface area contributed by atoms with Crippen molar-refractivity contribution in [2.45, 2.75) is 19.4 Å². The van der Waals surface area contributed by atoms with Crippen LogP contribution in [0.1, 0.15) is 23.6 Å². The van der Waals surface area contributed by atoms with Crippen molar-refractivity contribution in [3.05, 3.63) is 29.3 Å². The van der Waals surface area contributed by atoms with Gasteiger partial charge in [-0.05, 0) is 24.1 Å². The van der Waals surface area contributed by atoms with E-state index in [-0.39, 0.29) is 6.42 Å². The summed E-state index contributed by atoms with van der Waals surface area (Å²) in [6.45, 7) is 1.90. The van der Waals surface area contributed by atoms with Crippen molar-refractivity contribution in [2.24, 2.45) is 5.73 Å². The largest absolute Gasteiger partial charge is 0.496 e. The number of carbonyl (C=O) groups is 1. The van der Waals surface area contributed by atoms with Gasteiger partial charge in [0.1, 0.15) is 5.75 Å². The van der Waals surface area contributed by atoms with Gasteiger partial charge in [-0.2, -0.15) is 0 Å². The quantitative estimate of drug-likeness (QED) is 0.787. The highest BCUT2D eigenvalue weighted by atomic mass is 16.5. The van der Waals surface area contributed by atoms with Crippen LogP contribution >= 0.6 is 0 Å². The van der Waals surface area contributed by atoms with E-state index in [1.807, 2.05) is 13.0 Å². The van der Waals surface area contributed by atoms with Gasteiger partial charge >= 0.3 is 5.97 Å². The Bertz CT molecular complexity index is 363. The minimum absolute atomic E-state index is 0.0637. The topological polar surface area (TPSA) is 72.5 Å². The summed E-state index contributed by atoms with van der Waals surface area (Å²) in [6, 6.07) is 4.98. The van der Waals surface area contributed by atoms with Gasteiger partial charge in [-0.3, -0.25) is 4.79 Å². The van der Waals surface area contributed by atoms with E-state index in [1.165, 1.54) is 0 Å². The number of methoxy groups -OCH3 is 1. The second kappa shape index (κ2) is 4.79. The maximum absolute atomic E-state index is 10.5. The first-order chi connectivity index (χ1) is 7.04. The highest BCUT2D eigenvalue weighted by Crippen LogP contribution is 2.22. The van der Waals surface area contributed by atoms with Gasteiger partial charge < -0.3 is 15.6 Å². The third-order valence-electron chi connectivity index (χ3n) is 2.24. The predicted molar refractivity (Wildman–Crippen MR) is 56.9 cm³/mol. The molecule has 4 nitrogen and oxygen atoms in total. The molecule has 1 aromatic carbocycles. The number of aliphatic carboxylic acids is 1. The van der Waals surface area contributed by atoms with Gasteiger partial charge in [0.2, 0.25) is 0 Å². The minimum atomic E-state index is -0.893. The summed E-state index contributed by atoms with van der Waals surface area (Å²) >= 11 is 0. The zero-order chi connectivity index (χ0) is 11.4. The number of carboxylic acid groups (broad SMARTS) is 1. The molecular formula is C11H15NO3. The monoisotopic (exact) mass is 209 g/mol. The van der Waals surface area contributed by atoms with E-state index in [2.05, 4.69) is 0 Å². The van der Waals surface area contributed by atoms with Gasteiger partial charge in [-0.1, -0.05) is 12.1 Å². The van der Waals surface area contributed by atoms with E-state index in [4.69, 9.17) is 15.6 Å². The number of benzene rings is 1. The zero-order valence-electron chi connectivity index (χ0n) is 8.86. The molecule has 1 rings (SSSR count). The third kappa shape index (κ3) is 2.95. The van der Waals surface area contributed by atoms with Gasteiger partial charge in [0, 0.05) is 6.04 Å². The van der Waals surface area contributed by atoms with Crippen LogP contribution < -0.4 is 10.5 Å². The summed E-state index contributed by atoms with van der Waals surface area (Å²) in [6.07, 6.45) is -0.0637. The molecule has 0 aliphatic carbocycles. The Morgan fingerprint density at radius 2 is 2.27 bits per heavy atom. The van der Waals surface area contributed by atoms with Gasteiger partial charge in [0.15, 0.2) is 0 Å². The Labute approximate surface area is 88.7 Å². The first-order valence-electron chi connectivity index (χ1n) is 4.66. The SMILES string of the molecule is COc1ccc(C(N)CC(=O)O)cc1C. The zero-order valence-corrected chi connectivity index (χ0v) is 8.86. The molecule has 4 heteroatoms. The van der Waals surface area contributed by atoms with Crippen molar-refractivity contribution in [3.8, 4) is 5.75 Å². The van der Waals surface area contributed by atoms with Crippen LogP contribution in [0.15, 0.2) is 18.2 Å². The number of hydrogen-bond acceptors (Lipinski definition) is 3. The maximum atomic E-state index is 10.5. The first-order valence-corrected chi connectivity index (χ1v) is 4.66. The van der Waals surface area contributed by atoms with E-state index in [9.17, 15) is 4.79 Å². The van der Waals surface area contributed by atoms with Crippen molar-refractivity contribution < 1.29 is 14.6 Å². The second-order valence-corrected chi connectivity index (χ2v) is 3.43. The van der Waals surface area contributed by atoms with Crippen LogP contribution in [0, 0.1) is 6.92 Å². The van der Waals surface area contributed by atoms with Crippen molar-refractivity contribution in [3.63, 3.8) is 0 Å². The molecule has 82 valence electrons. The molecule has 0 heterocycles. The Balaban J connectivity index is 2.87. The lowest BCUT2D eigenvalue weighted by molar-refractivity contribution is -0.137. The number of ether oxygens (including phenoxy) is 1. The Kier molecular flexibility index (Phi) is 3.68. The van der Waals surface area contributed by atoms with Crippen molar-refractivity contribution in [1.82, 2.24) is 0 Å². The molecule has 0 saturated heterocycles. The van der Waals surface area contributed by atoms with Gasteiger partial charge in [-0.15, -0.1) is 0 Å². The number of hydrogen-bond donors (Lipinski definition) is 2. The third-order valence-corrected chi connectivity index (χ3v) is 2.24. The summed E-state index contributed by atoms with van der Waals surface area (Å²) in [5.41, 5.74) is 7.50. The van der Waals surface area contributed by atoms with Gasteiger partial charge in [0.05, 0.1) is 13.5 Å². The Morgan fingerprint density at radius 3 is 2.73 bits per heavy atom. The lowest BCUT2D eigenvalue weighted by Crippen LogP contribution is -2.15. The molecule has 3 N–H and O–H groups in total. The van der Waals surface area contributed by atoms with Gasteiger partial charge in [-0.25, -0.2) is 0 Å². The van der Waals surface area contributed by atoms with Crippen LogP contribution in [-0.4, -0.2) is 18.2 Å². The van der Waals surface area contributed by atoms with Crippen molar-refractivity contribution in [2.75, 3.05) is 7.11 Å². The highest BCUT2D eigenvalue weighted by Gasteiger charge is 2.11. The lowest BCUT2D eigenvalue weighted by Gasteiger charge is -2.12. The fourth-order valence-corrected chi connectivity index (χ4v) is 1.44. The molecule has 0 fully saturated rings. The van der Waals surface area contributed by atoms with Crippen LogP contribution in [0.5, 0.6) is 5.75 Å². The number of nitrogens with two attached hydrogens (primary N) is 1. The molecule has 1 unspecified atom stereocenters. The Morgan fingerprint density at radius 1 is 1.60 bits per heavy atom. The lowest BCUT2D eigenvalue weighted by atomic mass is 10.0. The smallest absolute Gasteiger partial charge is 0.305 e. The molecule has 0 bridgehead atoms. The van der Waals surface area contributed by atoms with Gasteiger partial charge in [0.25, 0.3) is 0 Å². The summed E-state index contributed by atoms with van der Waals surface area (Å²) in [4.78, 5) is 10.5. The predicted octanol–water partition coefficient (Wildman–Crippen LogP) is 1.48. The van der Waals surface area contributed by atoms with Crippen LogP contribution in [0.3, 0.4) is 0 Å². The summed E-state index contributed by atoms with van der Waals surface area (Å²) in [7, 11) is 1.60. The normalized spacial score (nSPS) is 12.2. The second-order valence-electron chi connectivity index (χ2n) is 3.43. The summed E-state index contributed by atoms with van der Waals surface area (Å²) < 4.78 is 5.10. The highest BCUT2D eigenvalue weighted by molar-refractivity contribution is 5.67. The summed E-state index contributed by atoms with van der Waals surface area (Å²) in [5.74, 6) is -0.114. The average Bonchev–Trinajstić information content (AvgIpc) is 2.16.